The van der Waals surface area contributed by atoms with Crippen LogP contribution in [0.15, 0.2) is 479 Å². The van der Waals surface area contributed by atoms with Crippen LogP contribution in [0.25, 0.3) is 280 Å². The monoisotopic (exact) mass is 1860 g/mol. The Hall–Kier alpha value is -17.4. The Morgan fingerprint density at radius 3 is 0.871 bits per heavy atom. The van der Waals surface area contributed by atoms with Gasteiger partial charge in [0.2, 0.25) is 0 Å². The van der Waals surface area contributed by atoms with Crippen LogP contribution >= 0.6 is 45.3 Å². The van der Waals surface area contributed by atoms with Crippen molar-refractivity contribution in [2.24, 2.45) is 0 Å². The lowest BCUT2D eigenvalue weighted by molar-refractivity contribution is 0.672. The molecule has 0 radical (unpaired) electrons. The summed E-state index contributed by atoms with van der Waals surface area (Å²) in [5.41, 5.74) is 30.7. The molecule has 0 atom stereocenters. The Bertz CT molecular complexity index is 10600. The smallest absolute Gasteiger partial charge is 0.161 e. The van der Waals surface area contributed by atoms with E-state index in [1.165, 1.54) is 125 Å². The first-order chi connectivity index (χ1) is 69.4. The highest BCUT2D eigenvalue weighted by molar-refractivity contribution is 7.27. The molecule has 0 amide bonds. The van der Waals surface area contributed by atoms with Crippen LogP contribution in [0.2, 0.25) is 0 Å². The van der Waals surface area contributed by atoms with Crippen molar-refractivity contribution in [2.75, 3.05) is 0 Å². The Labute approximate surface area is 815 Å². The summed E-state index contributed by atoms with van der Waals surface area (Å²) < 4.78 is 46.1. The van der Waals surface area contributed by atoms with Gasteiger partial charge >= 0.3 is 0 Å². The molecule has 12 heterocycles. The highest BCUT2D eigenvalue weighted by Gasteiger charge is 2.27. The second kappa shape index (κ2) is 32.2. The lowest BCUT2D eigenvalue weighted by Gasteiger charge is -2.08. The van der Waals surface area contributed by atoms with Crippen molar-refractivity contribution >= 4 is 258 Å². The minimum absolute atomic E-state index is 0.915. The maximum atomic E-state index is 6.59. The third-order valence-corrected chi connectivity index (χ3v) is 32.7. The van der Waals surface area contributed by atoms with Gasteiger partial charge in [0.25, 0.3) is 0 Å². The molecule has 8 nitrogen and oxygen atoms in total. The number of nitrogens with zero attached hydrogens (tertiary/aromatic N) is 4. The minimum atomic E-state index is 0.915. The van der Waals surface area contributed by atoms with Gasteiger partial charge in [-0.05, 0) is 239 Å². The predicted molar refractivity (Wildman–Crippen MR) is 596 cm³/mol. The van der Waals surface area contributed by atoms with Crippen molar-refractivity contribution in [2.45, 2.75) is 0 Å². The van der Waals surface area contributed by atoms with E-state index in [4.69, 9.17) is 17.7 Å². The van der Waals surface area contributed by atoms with E-state index in [9.17, 15) is 0 Å². The fraction of sp³-hybridized carbons (Fsp3) is 0. The summed E-state index contributed by atoms with van der Waals surface area (Å²) >= 11 is 7.42. The third-order valence-electron chi connectivity index (χ3n) is 28.0. The highest BCUT2D eigenvalue weighted by atomic mass is 32.1. The Morgan fingerprint density at radius 2 is 0.429 bits per heavy atom. The van der Waals surface area contributed by atoms with Crippen LogP contribution in [0.4, 0.5) is 0 Å². The molecule has 140 heavy (non-hydrogen) atoms. The van der Waals surface area contributed by atoms with E-state index in [2.05, 4.69) is 479 Å². The Kier molecular flexibility index (Phi) is 18.4. The van der Waals surface area contributed by atoms with E-state index >= 15 is 0 Å². The van der Waals surface area contributed by atoms with Crippen molar-refractivity contribution in [3.05, 3.63) is 461 Å². The number of aromatic nitrogens is 4. The maximum Gasteiger partial charge on any atom is 0.161 e. The molecule has 0 fully saturated rings. The SMILES string of the molecule is c1ccc(-n2c3ccccc3c3oc4cc(-c5ccc6c(c5)sc5ccccc56)ccc4c32)cc1.c1ccc(-n2c3ccccc3c3oc4cc(-c5ccc6sc7ccccc7c6c5)ccc4c32)cc1.c1ccc(-n2c3ccccc3c3oc4cc(-c5cccc6c5sc5ccccc56)ccc4c32)cc1.c1ccc(-n2c3ccccc3c3oc4cc(-c5cccc6sc7ccccc7c56)ccc4c32)cc1. The molecule has 0 N–H and O–H groups in total. The van der Waals surface area contributed by atoms with Gasteiger partial charge < -0.3 is 35.9 Å². The Morgan fingerprint density at radius 1 is 0.157 bits per heavy atom. The van der Waals surface area contributed by atoms with E-state index in [1.54, 1.807) is 0 Å². The number of thiophene rings is 4. The van der Waals surface area contributed by atoms with Crippen molar-refractivity contribution < 1.29 is 17.7 Å². The first kappa shape index (κ1) is 80.0. The second-order valence-corrected chi connectivity index (χ2v) is 40.2. The fourth-order valence-electron chi connectivity index (χ4n) is 21.8. The molecule has 12 aromatic heterocycles. The quantitative estimate of drug-likeness (QED) is 0.152. The third kappa shape index (κ3) is 12.7. The standard InChI is InChI=1S/4C32H19NOS/c1-2-9-21(10-3-1)33-27-15-6-4-12-25(27)31-30(33)26-18-17-20(19-28(26)34-31)22-13-8-14-24-23-11-5-7-16-29(23)35-32(22)24;1-2-9-21(10-3-1)33-26-14-6-4-11-23(26)32-31(33)24-18-17-20(19-27(24)34-32)22-13-8-16-29-30(22)25-12-5-7-15-28(25)35-29;1-2-8-22(9-3-1)33-27-12-6-4-11-25(27)32-31(33)26-17-15-20(18-28(26)34-32)21-14-16-24-23-10-5-7-13-29(23)35-30(24)19-21;1-2-8-22(9-3-1)33-27-12-6-4-11-24(27)32-31(33)25-16-14-21(19-28(25)34-32)20-15-17-30-26(18-20)23-10-5-7-13-29(23)35-30/h4*1-19H. The molecule has 32 aromatic rings. The molecule has 0 saturated carbocycles. The van der Waals surface area contributed by atoms with Gasteiger partial charge in [0.15, 0.2) is 22.3 Å². The van der Waals surface area contributed by atoms with Gasteiger partial charge in [-0.3, -0.25) is 0 Å². The molecule has 0 bridgehead atoms. The van der Waals surface area contributed by atoms with Crippen molar-refractivity contribution in [3.8, 4) is 67.3 Å². The Balaban J connectivity index is 0.0000000896. The van der Waals surface area contributed by atoms with Gasteiger partial charge in [-0.15, -0.1) is 45.3 Å². The lowest BCUT2D eigenvalue weighted by Crippen LogP contribution is -1.92. The largest absolute Gasteiger partial charge is 0.454 e. The topological polar surface area (TPSA) is 72.3 Å². The molecule has 0 aliphatic heterocycles. The average molecular weight is 1860 g/mol. The van der Waals surface area contributed by atoms with Crippen molar-refractivity contribution in [1.29, 1.82) is 0 Å². The highest BCUT2D eigenvalue weighted by Crippen LogP contribution is 2.50. The summed E-state index contributed by atoms with van der Waals surface area (Å²) in [4.78, 5) is 0. The van der Waals surface area contributed by atoms with E-state index < -0.39 is 0 Å². The number of para-hydroxylation sites is 8. The zero-order valence-electron chi connectivity index (χ0n) is 74.9. The molecular formula is C128H76N4O4S4. The normalized spacial score (nSPS) is 12.0. The summed E-state index contributed by atoms with van der Waals surface area (Å²) in [5.74, 6) is 0. The maximum absolute atomic E-state index is 6.59. The molecule has 0 saturated heterocycles. The molecule has 32 rings (SSSR count). The summed E-state index contributed by atoms with van der Waals surface area (Å²) in [5, 5.41) is 19.6. The average Bonchev–Trinajstić information content (AvgIpc) is 1.55. The number of fused-ring (bicyclic) bond motifs is 32. The summed E-state index contributed by atoms with van der Waals surface area (Å²) in [6.45, 7) is 0. The van der Waals surface area contributed by atoms with Crippen LogP contribution in [0.3, 0.4) is 0 Å². The van der Waals surface area contributed by atoms with Gasteiger partial charge in [0.1, 0.15) is 44.4 Å². The lowest BCUT2D eigenvalue weighted by atomic mass is 9.99. The van der Waals surface area contributed by atoms with Gasteiger partial charge in [-0.1, -0.05) is 267 Å². The van der Waals surface area contributed by atoms with Gasteiger partial charge in [0, 0.05) is 147 Å². The molecule has 20 aromatic carbocycles. The molecule has 0 aliphatic carbocycles. The van der Waals surface area contributed by atoms with E-state index in [1.807, 2.05) is 45.3 Å². The first-order valence-corrected chi connectivity index (χ1v) is 50.4. The zero-order chi connectivity index (χ0) is 91.7. The number of rotatable bonds is 8. The second-order valence-electron chi connectivity index (χ2n) is 35.9. The molecular weight excluding hydrogens is 1790 g/mol. The van der Waals surface area contributed by atoms with Crippen LogP contribution in [0, 0.1) is 0 Å². The van der Waals surface area contributed by atoms with Crippen molar-refractivity contribution in [3.63, 3.8) is 0 Å². The van der Waals surface area contributed by atoms with Crippen LogP contribution in [-0.4, -0.2) is 18.3 Å². The number of hydrogen-bond acceptors (Lipinski definition) is 8. The van der Waals surface area contributed by atoms with E-state index in [0.717, 1.165) is 155 Å². The number of hydrogen-bond donors (Lipinski definition) is 0. The van der Waals surface area contributed by atoms with Gasteiger partial charge in [-0.25, -0.2) is 0 Å². The first-order valence-electron chi connectivity index (χ1n) is 47.1. The van der Waals surface area contributed by atoms with Crippen molar-refractivity contribution in [1.82, 2.24) is 18.3 Å². The van der Waals surface area contributed by atoms with Crippen LogP contribution in [0.1, 0.15) is 0 Å². The summed E-state index contributed by atoms with van der Waals surface area (Å²) in [6, 6.07) is 164. The zero-order valence-corrected chi connectivity index (χ0v) is 78.2. The van der Waals surface area contributed by atoms with Crippen LogP contribution in [-0.2, 0) is 0 Å². The molecule has 0 aliphatic rings. The van der Waals surface area contributed by atoms with Crippen LogP contribution in [0.5, 0.6) is 0 Å². The summed E-state index contributed by atoms with van der Waals surface area (Å²) in [7, 11) is 0. The molecule has 0 spiro atoms. The van der Waals surface area contributed by atoms with Crippen LogP contribution < -0.4 is 0 Å². The van der Waals surface area contributed by atoms with E-state index in [-0.39, 0.29) is 0 Å². The van der Waals surface area contributed by atoms with E-state index in [0.29, 0.717) is 0 Å². The van der Waals surface area contributed by atoms with Gasteiger partial charge in [0.05, 0.1) is 22.1 Å². The number of furan rings is 4. The fourth-order valence-corrected chi connectivity index (χ4v) is 26.4. The molecule has 12 heteroatoms. The number of benzene rings is 20. The predicted octanol–water partition coefficient (Wildman–Crippen LogP) is 38.3. The minimum Gasteiger partial charge on any atom is -0.454 e. The summed E-state index contributed by atoms with van der Waals surface area (Å²) in [6.07, 6.45) is 0. The molecule has 656 valence electrons. The molecule has 0 unspecified atom stereocenters. The van der Waals surface area contributed by atoms with Gasteiger partial charge in [-0.2, -0.15) is 0 Å².